The van der Waals surface area contributed by atoms with Crippen LogP contribution in [0.4, 0.5) is 8.78 Å². The number of halogens is 3. The molecule has 2 aromatic heterocycles. The molecule has 0 bridgehead atoms. The number of aryl methyl sites for hydroxylation is 1. The first-order valence-corrected chi connectivity index (χ1v) is 9.20. The summed E-state index contributed by atoms with van der Waals surface area (Å²) in [4.78, 5) is 20.0. The Kier molecular flexibility index (Phi) is 5.10. The number of nitrogens with two attached hydrogens (primary N) is 1. The van der Waals surface area contributed by atoms with Crippen molar-refractivity contribution in [2.45, 2.75) is 32.0 Å². The van der Waals surface area contributed by atoms with Crippen molar-refractivity contribution >= 4 is 23.2 Å². The summed E-state index contributed by atoms with van der Waals surface area (Å²) in [7, 11) is 0. The van der Waals surface area contributed by atoms with Crippen LogP contribution in [-0.4, -0.2) is 33.5 Å². The van der Waals surface area contributed by atoms with E-state index in [0.717, 1.165) is 11.4 Å². The molecule has 1 aliphatic carbocycles. The SMILES string of the molecule is Cc1cn2c3c(nc2cn1)[C@@H](OCC(N)=O)C[C@H]3c1cc(Cl)ccc1OC(F)F. The summed E-state index contributed by atoms with van der Waals surface area (Å²) in [5.74, 6) is -0.982. The zero-order valence-corrected chi connectivity index (χ0v) is 16.1. The highest BCUT2D eigenvalue weighted by atomic mass is 35.5. The second-order valence-corrected chi connectivity index (χ2v) is 7.19. The van der Waals surface area contributed by atoms with E-state index in [1.54, 1.807) is 12.3 Å². The average molecular weight is 423 g/mol. The van der Waals surface area contributed by atoms with Gasteiger partial charge in [-0.25, -0.2) is 4.98 Å². The molecule has 2 atom stereocenters. The molecule has 29 heavy (non-hydrogen) atoms. The zero-order valence-electron chi connectivity index (χ0n) is 15.3. The smallest absolute Gasteiger partial charge is 0.387 e. The monoisotopic (exact) mass is 422 g/mol. The molecule has 0 spiro atoms. The number of fused-ring (bicyclic) bond motifs is 3. The van der Waals surface area contributed by atoms with Gasteiger partial charge in [-0.05, 0) is 31.5 Å². The van der Waals surface area contributed by atoms with Gasteiger partial charge in [0.15, 0.2) is 5.65 Å². The van der Waals surface area contributed by atoms with Crippen molar-refractivity contribution in [3.8, 4) is 5.75 Å². The lowest BCUT2D eigenvalue weighted by molar-refractivity contribution is -0.124. The standard InChI is InChI=1S/C19H17ClF2N4O3/c1-9-7-26-16(6-24-9)25-17-14(28-8-15(23)27)5-12(18(17)26)11-4-10(20)2-3-13(11)29-19(21)22/h2-4,6-7,12,14,19H,5,8H2,1H3,(H2,23,27)/t12-,14-/m0/s1. The molecule has 7 nitrogen and oxygen atoms in total. The lowest BCUT2D eigenvalue weighted by atomic mass is 9.95. The van der Waals surface area contributed by atoms with Crippen LogP contribution < -0.4 is 10.5 Å². The summed E-state index contributed by atoms with van der Waals surface area (Å²) in [5, 5.41) is 0.385. The van der Waals surface area contributed by atoms with Gasteiger partial charge in [-0.2, -0.15) is 8.78 Å². The fourth-order valence-electron chi connectivity index (χ4n) is 3.71. The van der Waals surface area contributed by atoms with Gasteiger partial charge in [-0.15, -0.1) is 0 Å². The number of benzene rings is 1. The minimum absolute atomic E-state index is 0.0247. The van der Waals surface area contributed by atoms with E-state index < -0.39 is 24.5 Å². The van der Waals surface area contributed by atoms with Crippen LogP contribution in [0, 0.1) is 6.92 Å². The van der Waals surface area contributed by atoms with Gasteiger partial charge >= 0.3 is 6.61 Å². The van der Waals surface area contributed by atoms with Crippen molar-refractivity contribution in [2.75, 3.05) is 6.61 Å². The van der Waals surface area contributed by atoms with Gasteiger partial charge in [-0.3, -0.25) is 14.2 Å². The van der Waals surface area contributed by atoms with Crippen molar-refractivity contribution < 1.29 is 23.0 Å². The van der Waals surface area contributed by atoms with Gasteiger partial charge < -0.3 is 15.2 Å². The number of ether oxygens (including phenoxy) is 2. The number of amides is 1. The fraction of sp³-hybridized carbons (Fsp3) is 0.316. The normalized spacial score (nSPS) is 18.4. The van der Waals surface area contributed by atoms with Crippen molar-refractivity contribution in [1.29, 1.82) is 0 Å². The number of hydrogen-bond donors (Lipinski definition) is 1. The molecule has 1 amide bonds. The Morgan fingerprint density at radius 3 is 2.97 bits per heavy atom. The van der Waals surface area contributed by atoms with Crippen LogP contribution in [0.1, 0.15) is 41.1 Å². The molecule has 1 aromatic carbocycles. The Hall–Kier alpha value is -2.78. The van der Waals surface area contributed by atoms with E-state index in [9.17, 15) is 13.6 Å². The van der Waals surface area contributed by atoms with Crippen molar-refractivity contribution in [2.24, 2.45) is 5.73 Å². The van der Waals surface area contributed by atoms with Gasteiger partial charge in [0.1, 0.15) is 18.5 Å². The fourth-order valence-corrected chi connectivity index (χ4v) is 3.89. The number of aromatic nitrogens is 3. The molecule has 0 radical (unpaired) electrons. The summed E-state index contributed by atoms with van der Waals surface area (Å²) >= 11 is 6.15. The van der Waals surface area contributed by atoms with Crippen LogP contribution in [0.2, 0.25) is 5.02 Å². The highest BCUT2D eigenvalue weighted by molar-refractivity contribution is 6.30. The predicted molar refractivity (Wildman–Crippen MR) is 100 cm³/mol. The van der Waals surface area contributed by atoms with Crippen LogP contribution in [0.25, 0.3) is 5.65 Å². The van der Waals surface area contributed by atoms with Crippen LogP contribution in [0.5, 0.6) is 5.75 Å². The molecular weight excluding hydrogens is 406 g/mol. The number of nitrogens with zero attached hydrogens (tertiary/aromatic N) is 3. The minimum Gasteiger partial charge on any atom is -0.435 e. The maximum atomic E-state index is 13.0. The summed E-state index contributed by atoms with van der Waals surface area (Å²) in [6.45, 7) is -1.43. The van der Waals surface area contributed by atoms with E-state index >= 15 is 0 Å². The minimum atomic E-state index is -2.98. The van der Waals surface area contributed by atoms with Crippen LogP contribution in [-0.2, 0) is 9.53 Å². The molecule has 152 valence electrons. The molecule has 10 heteroatoms. The molecule has 0 unspecified atom stereocenters. The Balaban J connectivity index is 1.86. The summed E-state index contributed by atoms with van der Waals surface area (Å²) < 4.78 is 38.2. The van der Waals surface area contributed by atoms with Gasteiger partial charge in [0.2, 0.25) is 5.91 Å². The number of rotatable bonds is 6. The maximum Gasteiger partial charge on any atom is 0.387 e. The lowest BCUT2D eigenvalue weighted by Gasteiger charge is -2.18. The second-order valence-electron chi connectivity index (χ2n) is 6.75. The highest BCUT2D eigenvalue weighted by Gasteiger charge is 2.39. The molecule has 1 aliphatic rings. The van der Waals surface area contributed by atoms with Gasteiger partial charge in [0.05, 0.1) is 23.3 Å². The lowest BCUT2D eigenvalue weighted by Crippen LogP contribution is -2.19. The Labute approximate surface area is 169 Å². The topological polar surface area (TPSA) is 91.7 Å². The quantitative estimate of drug-likeness (QED) is 0.657. The van der Waals surface area contributed by atoms with E-state index in [1.165, 1.54) is 12.1 Å². The zero-order chi connectivity index (χ0) is 20.7. The number of hydrogen-bond acceptors (Lipinski definition) is 5. The number of carbonyl (C=O) groups excluding carboxylic acids is 1. The van der Waals surface area contributed by atoms with E-state index in [0.29, 0.717) is 28.3 Å². The molecule has 0 aliphatic heterocycles. The average Bonchev–Trinajstić information content (AvgIpc) is 3.18. The number of alkyl halides is 2. The van der Waals surface area contributed by atoms with Crippen molar-refractivity contribution in [3.05, 3.63) is 58.3 Å². The first kappa shape index (κ1) is 19.5. The van der Waals surface area contributed by atoms with Gasteiger partial charge in [-0.1, -0.05) is 11.6 Å². The van der Waals surface area contributed by atoms with Gasteiger partial charge in [0, 0.05) is 22.7 Å². The first-order chi connectivity index (χ1) is 13.8. The summed E-state index contributed by atoms with van der Waals surface area (Å²) in [6, 6.07) is 4.50. The third kappa shape index (κ3) is 3.75. The second kappa shape index (κ2) is 7.57. The maximum absolute atomic E-state index is 13.0. The third-order valence-corrected chi connectivity index (χ3v) is 5.01. The number of imidazole rings is 1. The number of primary amides is 1. The van der Waals surface area contributed by atoms with Crippen LogP contribution in [0.3, 0.4) is 0 Å². The van der Waals surface area contributed by atoms with E-state index in [1.807, 2.05) is 17.5 Å². The molecule has 2 heterocycles. The van der Waals surface area contributed by atoms with Crippen molar-refractivity contribution in [3.63, 3.8) is 0 Å². The first-order valence-electron chi connectivity index (χ1n) is 8.82. The van der Waals surface area contributed by atoms with Gasteiger partial charge in [0.25, 0.3) is 0 Å². The van der Waals surface area contributed by atoms with E-state index in [4.69, 9.17) is 26.8 Å². The largest absolute Gasteiger partial charge is 0.435 e. The Bertz CT molecular complexity index is 1090. The molecular formula is C19H17ClF2N4O3. The molecule has 3 aromatic rings. The molecule has 0 saturated heterocycles. The molecule has 0 fully saturated rings. The molecule has 0 saturated carbocycles. The van der Waals surface area contributed by atoms with Crippen molar-refractivity contribution in [1.82, 2.24) is 14.4 Å². The van der Waals surface area contributed by atoms with E-state index in [-0.39, 0.29) is 12.4 Å². The number of carbonyl (C=O) groups is 1. The predicted octanol–water partition coefficient (Wildman–Crippen LogP) is 3.37. The molecule has 2 N–H and O–H groups in total. The summed E-state index contributed by atoms with van der Waals surface area (Å²) in [6.07, 6.45) is 3.25. The molecule has 4 rings (SSSR count). The van der Waals surface area contributed by atoms with E-state index in [2.05, 4.69) is 9.97 Å². The van der Waals surface area contributed by atoms with Crippen LogP contribution in [0.15, 0.2) is 30.6 Å². The van der Waals surface area contributed by atoms with Crippen LogP contribution >= 0.6 is 11.6 Å². The Morgan fingerprint density at radius 1 is 1.45 bits per heavy atom. The highest BCUT2D eigenvalue weighted by Crippen LogP contribution is 2.48. The third-order valence-electron chi connectivity index (χ3n) is 4.78. The summed E-state index contributed by atoms with van der Waals surface area (Å²) in [5.41, 5.74) is 8.39. The Morgan fingerprint density at radius 2 is 2.24 bits per heavy atom.